The van der Waals surface area contributed by atoms with Gasteiger partial charge in [0.05, 0.1) is 12.0 Å². The van der Waals surface area contributed by atoms with Crippen LogP contribution in [-0.2, 0) is 6.54 Å². The Balaban J connectivity index is 1.62. The van der Waals surface area contributed by atoms with Gasteiger partial charge >= 0.3 is 0 Å². The Bertz CT molecular complexity index is 1410. The van der Waals surface area contributed by atoms with Gasteiger partial charge in [0.2, 0.25) is 11.8 Å². The van der Waals surface area contributed by atoms with Gasteiger partial charge in [-0.25, -0.2) is 0 Å². The van der Waals surface area contributed by atoms with Crippen molar-refractivity contribution in [2.45, 2.75) is 13.5 Å². The number of hydrogen-bond donors (Lipinski definition) is 0. The number of aromatic nitrogens is 3. The number of fused-ring (bicyclic) bond motifs is 1. The summed E-state index contributed by atoms with van der Waals surface area (Å²) in [5.41, 5.74) is 3.93. The smallest absolute Gasteiger partial charge is 0.234 e. The Morgan fingerprint density at radius 2 is 1.59 bits per heavy atom. The molecule has 0 unspecified atom stereocenters. The molecule has 1 saturated heterocycles. The number of pyridine rings is 1. The summed E-state index contributed by atoms with van der Waals surface area (Å²) < 4.78 is 5.83. The number of ether oxygens (including phenoxy) is 1. The van der Waals surface area contributed by atoms with Crippen molar-refractivity contribution in [1.29, 1.82) is 5.26 Å². The number of hydrogen-bond acceptors (Lipinski definition) is 8. The molecule has 3 heterocycles. The Hall–Kier alpha value is -4.22. The molecule has 5 rings (SSSR count). The van der Waals surface area contributed by atoms with E-state index in [1.807, 2.05) is 56.3 Å². The Labute approximate surface area is 217 Å². The maximum atomic E-state index is 10.2. The number of piperazine rings is 1. The summed E-state index contributed by atoms with van der Waals surface area (Å²) >= 11 is 0. The van der Waals surface area contributed by atoms with E-state index in [0.717, 1.165) is 55.1 Å². The summed E-state index contributed by atoms with van der Waals surface area (Å²) in [7, 11) is 3.85. The van der Waals surface area contributed by atoms with E-state index in [-0.39, 0.29) is 0 Å². The van der Waals surface area contributed by atoms with Crippen molar-refractivity contribution >= 4 is 22.8 Å². The highest BCUT2D eigenvalue weighted by Gasteiger charge is 2.27. The molecule has 0 amide bonds. The van der Waals surface area contributed by atoms with Crippen LogP contribution >= 0.6 is 0 Å². The summed E-state index contributed by atoms with van der Waals surface area (Å²) in [6.45, 7) is 6.67. The van der Waals surface area contributed by atoms with E-state index in [1.165, 1.54) is 5.56 Å². The van der Waals surface area contributed by atoms with E-state index in [2.05, 4.69) is 46.2 Å². The summed E-state index contributed by atoms with van der Waals surface area (Å²) in [6.07, 6.45) is 0. The predicted octanol–water partition coefficient (Wildman–Crippen LogP) is 4.35. The van der Waals surface area contributed by atoms with Crippen LogP contribution in [0, 0.1) is 11.3 Å². The van der Waals surface area contributed by atoms with E-state index in [9.17, 15) is 5.26 Å². The van der Waals surface area contributed by atoms with Gasteiger partial charge in [0.25, 0.3) is 0 Å². The SMILES string of the molecule is CCOc1nc2nc(N(C)C)nc(N3CCN(Cc4ccccc4)CC3)c2c(-c2ccccc2)c1C#N. The lowest BCUT2D eigenvalue weighted by Crippen LogP contribution is -2.46. The molecule has 4 aromatic rings. The van der Waals surface area contributed by atoms with Gasteiger partial charge in [-0.2, -0.15) is 20.2 Å². The van der Waals surface area contributed by atoms with Gasteiger partial charge in [0, 0.05) is 52.4 Å². The first-order valence-corrected chi connectivity index (χ1v) is 12.6. The molecule has 8 heteroatoms. The molecule has 0 spiro atoms. The second kappa shape index (κ2) is 10.8. The van der Waals surface area contributed by atoms with Crippen LogP contribution in [0.1, 0.15) is 18.1 Å². The summed E-state index contributed by atoms with van der Waals surface area (Å²) in [4.78, 5) is 21.2. The Morgan fingerprint density at radius 1 is 0.919 bits per heavy atom. The van der Waals surface area contributed by atoms with Crippen molar-refractivity contribution in [1.82, 2.24) is 19.9 Å². The lowest BCUT2D eigenvalue weighted by Gasteiger charge is -2.36. The first kappa shape index (κ1) is 24.5. The quantitative estimate of drug-likeness (QED) is 0.376. The Kier molecular flexibility index (Phi) is 7.15. The van der Waals surface area contributed by atoms with Crippen molar-refractivity contribution in [2.75, 3.05) is 56.7 Å². The minimum atomic E-state index is 0.304. The van der Waals surface area contributed by atoms with Crippen LogP contribution in [0.5, 0.6) is 5.88 Å². The molecule has 0 bridgehead atoms. The first-order valence-electron chi connectivity index (χ1n) is 12.6. The number of nitrogens with zero attached hydrogens (tertiary/aromatic N) is 7. The zero-order valence-electron chi connectivity index (χ0n) is 21.6. The normalized spacial score (nSPS) is 13.9. The lowest BCUT2D eigenvalue weighted by molar-refractivity contribution is 0.249. The van der Waals surface area contributed by atoms with E-state index in [1.54, 1.807) is 0 Å². The van der Waals surface area contributed by atoms with Crippen LogP contribution in [0.15, 0.2) is 60.7 Å². The van der Waals surface area contributed by atoms with Crippen molar-refractivity contribution in [2.24, 2.45) is 0 Å². The summed E-state index contributed by atoms with van der Waals surface area (Å²) in [5.74, 6) is 1.69. The average Bonchev–Trinajstić information content (AvgIpc) is 2.93. The second-order valence-corrected chi connectivity index (χ2v) is 9.27. The zero-order chi connectivity index (χ0) is 25.8. The summed E-state index contributed by atoms with van der Waals surface area (Å²) in [6, 6.07) is 22.9. The lowest BCUT2D eigenvalue weighted by atomic mass is 9.97. The van der Waals surface area contributed by atoms with Gasteiger partial charge in [-0.05, 0) is 18.1 Å². The van der Waals surface area contributed by atoms with Gasteiger partial charge in [0.1, 0.15) is 17.5 Å². The standard InChI is InChI=1S/C29H31N7O/c1-4-37-28-23(19-30)24(22-13-9-6-10-14-22)25-26(31-28)32-29(34(2)3)33-27(25)36-17-15-35(16-18-36)20-21-11-7-5-8-12-21/h5-14H,4,15-18,20H2,1-3H3. The number of nitriles is 1. The van der Waals surface area contributed by atoms with Gasteiger partial charge in [-0.1, -0.05) is 60.7 Å². The van der Waals surface area contributed by atoms with Crippen LogP contribution in [0.2, 0.25) is 0 Å². The van der Waals surface area contributed by atoms with Crippen molar-refractivity contribution in [3.8, 4) is 23.1 Å². The van der Waals surface area contributed by atoms with E-state index >= 15 is 0 Å². The third kappa shape index (κ3) is 5.04. The molecule has 37 heavy (non-hydrogen) atoms. The number of rotatable bonds is 7. The number of benzene rings is 2. The molecule has 188 valence electrons. The molecule has 8 nitrogen and oxygen atoms in total. The summed E-state index contributed by atoms with van der Waals surface area (Å²) in [5, 5.41) is 11.0. The van der Waals surface area contributed by atoms with Crippen LogP contribution in [0.4, 0.5) is 11.8 Å². The van der Waals surface area contributed by atoms with E-state index in [4.69, 9.17) is 19.7 Å². The average molecular weight is 494 g/mol. The molecule has 0 saturated carbocycles. The highest BCUT2D eigenvalue weighted by molar-refractivity contribution is 6.04. The van der Waals surface area contributed by atoms with Crippen LogP contribution < -0.4 is 14.5 Å². The third-order valence-corrected chi connectivity index (χ3v) is 6.56. The van der Waals surface area contributed by atoms with Crippen LogP contribution in [-0.4, -0.2) is 66.7 Å². The third-order valence-electron chi connectivity index (χ3n) is 6.56. The topological polar surface area (TPSA) is 81.4 Å². The van der Waals surface area contributed by atoms with Gasteiger partial charge in [-0.3, -0.25) is 4.90 Å². The minimum Gasteiger partial charge on any atom is -0.477 e. The molecule has 0 aliphatic carbocycles. The van der Waals surface area contributed by atoms with E-state index < -0.39 is 0 Å². The second-order valence-electron chi connectivity index (χ2n) is 9.27. The molecule has 0 atom stereocenters. The monoisotopic (exact) mass is 493 g/mol. The van der Waals surface area contributed by atoms with Crippen LogP contribution in [0.3, 0.4) is 0 Å². The molecule has 1 aliphatic heterocycles. The van der Waals surface area contributed by atoms with Gasteiger partial charge < -0.3 is 14.5 Å². The van der Waals surface area contributed by atoms with Crippen molar-refractivity contribution in [3.63, 3.8) is 0 Å². The molecule has 2 aromatic heterocycles. The fourth-order valence-corrected chi connectivity index (χ4v) is 4.74. The molecule has 2 aromatic carbocycles. The van der Waals surface area contributed by atoms with Crippen LogP contribution in [0.25, 0.3) is 22.2 Å². The maximum Gasteiger partial charge on any atom is 0.234 e. The molecular weight excluding hydrogens is 462 g/mol. The molecule has 1 aliphatic rings. The highest BCUT2D eigenvalue weighted by atomic mass is 16.5. The molecule has 0 radical (unpaired) electrons. The van der Waals surface area contributed by atoms with Crippen molar-refractivity contribution in [3.05, 3.63) is 71.8 Å². The van der Waals surface area contributed by atoms with Gasteiger partial charge in [-0.15, -0.1) is 0 Å². The van der Waals surface area contributed by atoms with E-state index in [0.29, 0.717) is 29.6 Å². The Morgan fingerprint density at radius 3 is 2.22 bits per heavy atom. The fraction of sp³-hybridized carbons (Fsp3) is 0.310. The predicted molar refractivity (Wildman–Crippen MR) is 147 cm³/mol. The van der Waals surface area contributed by atoms with Gasteiger partial charge in [0.15, 0.2) is 5.65 Å². The molecule has 1 fully saturated rings. The number of anilines is 2. The largest absolute Gasteiger partial charge is 0.477 e. The maximum absolute atomic E-state index is 10.2. The highest BCUT2D eigenvalue weighted by Crippen LogP contribution is 2.40. The fourth-order valence-electron chi connectivity index (χ4n) is 4.74. The van der Waals surface area contributed by atoms with Crippen molar-refractivity contribution < 1.29 is 4.74 Å². The molecular formula is C29H31N7O. The minimum absolute atomic E-state index is 0.304. The zero-order valence-corrected chi connectivity index (χ0v) is 21.6. The first-order chi connectivity index (χ1) is 18.1. The molecule has 0 N–H and O–H groups in total.